The number of carbonyl (C=O) groups excluding carboxylic acids is 2. The summed E-state index contributed by atoms with van der Waals surface area (Å²) in [5.74, 6) is -2.76. The second-order valence-electron chi connectivity index (χ2n) is 8.57. The number of aromatic nitrogens is 1. The molecule has 0 saturated carbocycles. The summed E-state index contributed by atoms with van der Waals surface area (Å²) >= 11 is 0. The highest BCUT2D eigenvalue weighted by atomic mass is 19.4. The van der Waals surface area contributed by atoms with Crippen molar-refractivity contribution in [1.82, 2.24) is 4.98 Å². The fourth-order valence-electron chi connectivity index (χ4n) is 4.01. The number of aromatic amines is 1. The average molecular weight is 518 g/mol. The van der Waals surface area contributed by atoms with E-state index in [2.05, 4.69) is 4.98 Å². The summed E-state index contributed by atoms with van der Waals surface area (Å²) in [6, 6.07) is 10.8. The Labute approximate surface area is 207 Å². The van der Waals surface area contributed by atoms with Crippen LogP contribution in [-0.4, -0.2) is 47.4 Å². The van der Waals surface area contributed by atoms with Crippen molar-refractivity contribution in [3.8, 4) is 11.3 Å². The highest BCUT2D eigenvalue weighted by Crippen LogP contribution is 2.36. The van der Waals surface area contributed by atoms with Crippen molar-refractivity contribution in [3.63, 3.8) is 0 Å². The van der Waals surface area contributed by atoms with Gasteiger partial charge in [-0.1, -0.05) is 31.2 Å². The Kier molecular flexibility index (Phi) is 6.92. The Morgan fingerprint density at radius 1 is 1.19 bits per heavy atom. The summed E-state index contributed by atoms with van der Waals surface area (Å²) in [7, 11) is 0. The van der Waals surface area contributed by atoms with Crippen LogP contribution in [0.1, 0.15) is 18.9 Å². The maximum absolute atomic E-state index is 13.4. The number of carbonyl (C=O) groups is 3. The van der Waals surface area contributed by atoms with Crippen LogP contribution in [0.25, 0.3) is 22.0 Å². The lowest BCUT2D eigenvalue weighted by molar-refractivity contribution is -0.154. The first-order valence-corrected chi connectivity index (χ1v) is 11.1. The molecule has 0 spiro atoms. The van der Waals surface area contributed by atoms with E-state index in [4.69, 9.17) is 14.6 Å². The number of esters is 1. The Bertz CT molecular complexity index is 1430. The number of hydrogen-bond acceptors (Lipinski definition) is 6. The van der Waals surface area contributed by atoms with E-state index in [1.807, 2.05) is 0 Å². The van der Waals surface area contributed by atoms with Gasteiger partial charge in [0.2, 0.25) is 0 Å². The minimum Gasteiger partial charge on any atom is -0.481 e. The molecule has 1 aromatic heterocycles. The first-order valence-electron chi connectivity index (χ1n) is 11.1. The van der Waals surface area contributed by atoms with Crippen LogP contribution in [0, 0.1) is 5.92 Å². The van der Waals surface area contributed by atoms with Gasteiger partial charge in [0.25, 0.3) is 5.56 Å². The van der Waals surface area contributed by atoms with Gasteiger partial charge in [0.05, 0.1) is 24.4 Å². The number of H-pyrrole nitrogens is 1. The third kappa shape index (κ3) is 5.57. The summed E-state index contributed by atoms with van der Waals surface area (Å²) < 4.78 is 50.6. The van der Waals surface area contributed by atoms with Crippen molar-refractivity contribution >= 4 is 34.5 Å². The maximum atomic E-state index is 13.4. The summed E-state index contributed by atoms with van der Waals surface area (Å²) in [5, 5.41) is 9.28. The van der Waals surface area contributed by atoms with Crippen molar-refractivity contribution in [3.05, 3.63) is 64.4 Å². The average Bonchev–Trinajstić information content (AvgIpc) is 3.21. The number of nitrogens with one attached hydrogen (secondary N) is 1. The van der Waals surface area contributed by atoms with Gasteiger partial charge >= 0.3 is 24.2 Å². The lowest BCUT2D eigenvalue weighted by Gasteiger charge is -2.15. The number of ether oxygens (including phenoxy) is 2. The van der Waals surface area contributed by atoms with Gasteiger partial charge in [-0.05, 0) is 29.7 Å². The number of fused-ring (bicyclic) bond motifs is 1. The number of amides is 1. The van der Waals surface area contributed by atoms with Crippen LogP contribution < -0.4 is 10.5 Å². The molecule has 1 amide bonds. The molecule has 0 aliphatic carbocycles. The number of rotatable bonds is 7. The zero-order valence-corrected chi connectivity index (χ0v) is 19.4. The van der Waals surface area contributed by atoms with E-state index in [9.17, 15) is 32.3 Å². The van der Waals surface area contributed by atoms with E-state index in [-0.39, 0.29) is 29.8 Å². The molecule has 2 heterocycles. The molecule has 1 fully saturated rings. The lowest BCUT2D eigenvalue weighted by Crippen LogP contribution is -2.28. The number of carboxylic acids is 1. The molecule has 2 N–H and O–H groups in total. The predicted molar refractivity (Wildman–Crippen MR) is 125 cm³/mol. The molecule has 12 heteroatoms. The Hall–Kier alpha value is -4.35. The van der Waals surface area contributed by atoms with Crippen LogP contribution >= 0.6 is 0 Å². The lowest BCUT2D eigenvalue weighted by atomic mass is 10.0. The molecule has 2 aromatic carbocycles. The summed E-state index contributed by atoms with van der Waals surface area (Å²) in [6.07, 6.45) is -6.57. The Morgan fingerprint density at radius 2 is 1.92 bits per heavy atom. The SMILES string of the molecule is CC(CC(=O)O)C(=O)OCC1CN(c2ccc3cc(-c4ccccc4C(F)(F)F)[nH]c(=O)c3c2)C(=O)O1. The molecule has 1 saturated heterocycles. The molecular formula is C25H21F3N2O7. The topological polar surface area (TPSA) is 126 Å². The summed E-state index contributed by atoms with van der Waals surface area (Å²) in [6.45, 7) is 1.13. The van der Waals surface area contributed by atoms with Crippen LogP contribution in [-0.2, 0) is 25.2 Å². The van der Waals surface area contributed by atoms with Crippen molar-refractivity contribution in [1.29, 1.82) is 0 Å². The van der Waals surface area contributed by atoms with Gasteiger partial charge < -0.3 is 19.6 Å². The number of nitrogens with zero attached hydrogens (tertiary/aromatic N) is 1. The molecule has 9 nitrogen and oxygen atoms in total. The Morgan fingerprint density at radius 3 is 2.62 bits per heavy atom. The predicted octanol–water partition coefficient (Wildman–Crippen LogP) is 4.19. The van der Waals surface area contributed by atoms with Gasteiger partial charge in [0.15, 0.2) is 6.10 Å². The smallest absolute Gasteiger partial charge is 0.417 e. The van der Waals surface area contributed by atoms with Gasteiger partial charge in [-0.3, -0.25) is 19.3 Å². The highest BCUT2D eigenvalue weighted by Gasteiger charge is 2.35. The van der Waals surface area contributed by atoms with E-state index in [0.29, 0.717) is 11.1 Å². The van der Waals surface area contributed by atoms with Crippen LogP contribution in [0.4, 0.5) is 23.7 Å². The molecule has 2 unspecified atom stereocenters. The number of benzene rings is 2. The number of halogens is 3. The third-order valence-corrected chi connectivity index (χ3v) is 5.83. The molecule has 4 rings (SSSR count). The molecule has 1 aliphatic rings. The molecule has 37 heavy (non-hydrogen) atoms. The number of aliphatic carboxylic acids is 1. The van der Waals surface area contributed by atoms with Gasteiger partial charge in [0, 0.05) is 22.3 Å². The van der Waals surface area contributed by atoms with Crippen LogP contribution in [0.2, 0.25) is 0 Å². The van der Waals surface area contributed by atoms with Gasteiger partial charge in [-0.2, -0.15) is 13.2 Å². The molecule has 194 valence electrons. The number of pyridine rings is 1. The second-order valence-corrected chi connectivity index (χ2v) is 8.57. The molecular weight excluding hydrogens is 497 g/mol. The third-order valence-electron chi connectivity index (χ3n) is 5.83. The summed E-state index contributed by atoms with van der Waals surface area (Å²) in [4.78, 5) is 51.5. The van der Waals surface area contributed by atoms with Gasteiger partial charge in [0.1, 0.15) is 6.61 Å². The van der Waals surface area contributed by atoms with E-state index in [1.165, 1.54) is 54.3 Å². The molecule has 0 bridgehead atoms. The molecule has 3 aromatic rings. The largest absolute Gasteiger partial charge is 0.481 e. The first-order chi connectivity index (χ1) is 17.4. The standard InChI is InChI=1S/C25H21F3N2O7/c1-13(8-21(31)32)23(34)36-12-16-11-30(24(35)37-16)15-7-6-14-9-20(29-22(33)18(14)10-15)17-4-2-3-5-19(17)25(26,27)28/h2-7,9-10,13,16H,8,11-12H2,1H3,(H,29,33)(H,31,32). The number of cyclic esters (lactones) is 1. The first kappa shape index (κ1) is 25.7. The van der Waals surface area contributed by atoms with E-state index in [1.54, 1.807) is 0 Å². The second kappa shape index (κ2) is 9.96. The minimum absolute atomic E-state index is 0.000121. The minimum atomic E-state index is -4.61. The number of alkyl halides is 3. The molecule has 0 radical (unpaired) electrons. The van der Waals surface area contributed by atoms with Crippen molar-refractivity contribution < 1.29 is 42.1 Å². The fourth-order valence-corrected chi connectivity index (χ4v) is 4.01. The number of anilines is 1. The fraction of sp³-hybridized carbons (Fsp3) is 0.280. The van der Waals surface area contributed by atoms with E-state index in [0.717, 1.165) is 6.07 Å². The number of hydrogen-bond donors (Lipinski definition) is 2. The van der Waals surface area contributed by atoms with Crippen LogP contribution in [0.5, 0.6) is 0 Å². The van der Waals surface area contributed by atoms with Crippen LogP contribution in [0.15, 0.2) is 53.3 Å². The maximum Gasteiger partial charge on any atom is 0.417 e. The number of carboxylic acid groups (broad SMARTS) is 1. The normalized spacial score (nSPS) is 16.5. The monoisotopic (exact) mass is 518 g/mol. The zero-order valence-electron chi connectivity index (χ0n) is 19.4. The molecule has 2 atom stereocenters. The van der Waals surface area contributed by atoms with Crippen LogP contribution in [0.3, 0.4) is 0 Å². The van der Waals surface area contributed by atoms with Crippen molar-refractivity contribution in [2.24, 2.45) is 5.92 Å². The quantitative estimate of drug-likeness (QED) is 0.449. The highest BCUT2D eigenvalue weighted by molar-refractivity contribution is 5.95. The van der Waals surface area contributed by atoms with Crippen molar-refractivity contribution in [2.45, 2.75) is 25.6 Å². The summed E-state index contributed by atoms with van der Waals surface area (Å²) in [5.41, 5.74) is -1.39. The van der Waals surface area contributed by atoms with E-state index >= 15 is 0 Å². The zero-order chi connectivity index (χ0) is 26.9. The Balaban J connectivity index is 1.54. The molecule has 1 aliphatic heterocycles. The van der Waals surface area contributed by atoms with Gasteiger partial charge in [-0.15, -0.1) is 0 Å². The van der Waals surface area contributed by atoms with E-state index < -0.39 is 53.8 Å². The van der Waals surface area contributed by atoms with Gasteiger partial charge in [-0.25, -0.2) is 4.79 Å². The van der Waals surface area contributed by atoms with Crippen molar-refractivity contribution in [2.75, 3.05) is 18.1 Å².